The fourth-order valence-electron chi connectivity index (χ4n) is 3.14. The molecular weight excluding hydrogens is 362 g/mol. The molecule has 1 aliphatic rings. The zero-order valence-corrected chi connectivity index (χ0v) is 17.3. The molecule has 148 valence electrons. The van der Waals surface area contributed by atoms with Crippen LogP contribution in [0.15, 0.2) is 17.0 Å². The van der Waals surface area contributed by atoms with Gasteiger partial charge in [0.25, 0.3) is 5.91 Å². The molecule has 1 amide bonds. The Balaban J connectivity index is 2.28. The molecule has 6 heteroatoms. The van der Waals surface area contributed by atoms with E-state index in [0.29, 0.717) is 30.2 Å². The molecule has 0 aromatic heterocycles. The van der Waals surface area contributed by atoms with E-state index < -0.39 is 5.97 Å². The molecule has 5 nitrogen and oxygen atoms in total. The van der Waals surface area contributed by atoms with Crippen LogP contribution >= 0.6 is 11.8 Å². The maximum atomic E-state index is 12.8. The van der Waals surface area contributed by atoms with Crippen LogP contribution in [0, 0.1) is 0 Å². The first kappa shape index (κ1) is 21.4. The van der Waals surface area contributed by atoms with Crippen LogP contribution in [0.25, 0.3) is 6.08 Å². The lowest BCUT2D eigenvalue weighted by Gasteiger charge is -2.28. The zero-order valence-electron chi connectivity index (χ0n) is 16.5. The largest absolute Gasteiger partial charge is 0.507 e. The van der Waals surface area contributed by atoms with Gasteiger partial charge in [0, 0.05) is 25.3 Å². The maximum absolute atomic E-state index is 12.8. The van der Waals surface area contributed by atoms with Crippen LogP contribution in [0.4, 0.5) is 0 Å². The van der Waals surface area contributed by atoms with E-state index in [-0.39, 0.29) is 24.2 Å². The van der Waals surface area contributed by atoms with Crippen molar-refractivity contribution >= 4 is 29.7 Å². The molecule has 2 rings (SSSR count). The van der Waals surface area contributed by atoms with Gasteiger partial charge in [-0.2, -0.15) is 0 Å². The van der Waals surface area contributed by atoms with Gasteiger partial charge >= 0.3 is 5.97 Å². The summed E-state index contributed by atoms with van der Waals surface area (Å²) < 4.78 is 0. The number of hydrogen-bond donors (Lipinski definition) is 2. The number of nitrogens with zero attached hydrogens (tertiary/aromatic N) is 1. The predicted molar refractivity (Wildman–Crippen MR) is 110 cm³/mol. The van der Waals surface area contributed by atoms with Gasteiger partial charge in [-0.1, -0.05) is 27.7 Å². The summed E-state index contributed by atoms with van der Waals surface area (Å²) in [5, 5.41) is 19.3. The fourth-order valence-corrected chi connectivity index (χ4v) is 4.15. The van der Waals surface area contributed by atoms with Crippen LogP contribution in [-0.2, 0) is 9.59 Å². The molecule has 1 heterocycles. The van der Waals surface area contributed by atoms with Crippen molar-refractivity contribution in [1.82, 2.24) is 4.90 Å². The molecule has 1 saturated heterocycles. The van der Waals surface area contributed by atoms with Gasteiger partial charge in [-0.3, -0.25) is 9.59 Å². The van der Waals surface area contributed by atoms with E-state index >= 15 is 0 Å². The van der Waals surface area contributed by atoms with Crippen molar-refractivity contribution < 1.29 is 19.8 Å². The van der Waals surface area contributed by atoms with Crippen molar-refractivity contribution in [2.75, 3.05) is 18.8 Å². The highest BCUT2D eigenvalue weighted by molar-refractivity contribution is 8.04. The molecule has 0 bridgehead atoms. The fraction of sp³-hybridized carbons (Fsp3) is 0.524. The first-order valence-corrected chi connectivity index (χ1v) is 10.4. The Morgan fingerprint density at radius 3 is 2.33 bits per heavy atom. The highest BCUT2D eigenvalue weighted by Crippen LogP contribution is 2.36. The first-order valence-electron chi connectivity index (χ1n) is 9.43. The number of phenols is 1. The Morgan fingerprint density at radius 1 is 1.22 bits per heavy atom. The number of rotatable bonds is 7. The smallest absolute Gasteiger partial charge is 0.303 e. The molecule has 0 atom stereocenters. The number of amides is 1. The molecule has 0 radical (unpaired) electrons. The molecule has 0 spiro atoms. The third-order valence-corrected chi connectivity index (χ3v) is 5.66. The Bertz CT molecular complexity index is 711. The lowest BCUT2D eigenvalue weighted by Crippen LogP contribution is -2.37. The number of carboxylic acid groups (broad SMARTS) is 1. The van der Waals surface area contributed by atoms with E-state index in [4.69, 9.17) is 5.11 Å². The van der Waals surface area contributed by atoms with Gasteiger partial charge in [0.15, 0.2) is 0 Å². The molecule has 0 saturated carbocycles. The van der Waals surface area contributed by atoms with E-state index in [2.05, 4.69) is 0 Å². The van der Waals surface area contributed by atoms with Crippen molar-refractivity contribution in [2.45, 2.75) is 52.4 Å². The lowest BCUT2D eigenvalue weighted by molar-refractivity contribution is -0.137. The second-order valence-corrected chi connectivity index (χ2v) is 8.64. The summed E-state index contributed by atoms with van der Waals surface area (Å²) in [6.07, 6.45) is 2.43. The van der Waals surface area contributed by atoms with E-state index in [1.807, 2.05) is 45.9 Å². The number of carbonyl (C=O) groups is 2. The topological polar surface area (TPSA) is 77.8 Å². The average molecular weight is 392 g/mol. The summed E-state index contributed by atoms with van der Waals surface area (Å²) in [6, 6.07) is 3.91. The van der Waals surface area contributed by atoms with Crippen molar-refractivity contribution in [3.05, 3.63) is 33.7 Å². The van der Waals surface area contributed by atoms with Gasteiger partial charge in [-0.15, -0.1) is 11.8 Å². The van der Waals surface area contributed by atoms with E-state index in [0.717, 1.165) is 22.4 Å². The SMILES string of the molecule is CC(C)c1cc(C=C2SCCN(CCCC(=O)O)C2=O)cc(C(C)C)c1O. The zero-order chi connectivity index (χ0) is 20.1. The summed E-state index contributed by atoms with van der Waals surface area (Å²) in [7, 11) is 0. The van der Waals surface area contributed by atoms with Crippen molar-refractivity contribution in [1.29, 1.82) is 0 Å². The normalized spacial score (nSPS) is 16.6. The molecule has 1 aromatic carbocycles. The first-order chi connectivity index (χ1) is 12.7. The second kappa shape index (κ2) is 9.31. The van der Waals surface area contributed by atoms with E-state index in [1.54, 1.807) is 4.90 Å². The van der Waals surface area contributed by atoms with Crippen molar-refractivity contribution in [3.8, 4) is 5.75 Å². The Labute approximate surface area is 165 Å². The highest BCUT2D eigenvalue weighted by Gasteiger charge is 2.24. The van der Waals surface area contributed by atoms with Gasteiger partial charge in [-0.05, 0) is 53.2 Å². The minimum atomic E-state index is -0.837. The molecule has 2 N–H and O–H groups in total. The quantitative estimate of drug-likeness (QED) is 0.673. The Morgan fingerprint density at radius 2 is 1.81 bits per heavy atom. The summed E-state index contributed by atoms with van der Waals surface area (Å²) in [4.78, 5) is 25.8. The number of thioether (sulfide) groups is 1. The molecule has 1 aliphatic heterocycles. The number of hydrogen-bond acceptors (Lipinski definition) is 4. The molecular formula is C21H29NO4S. The minimum Gasteiger partial charge on any atom is -0.507 e. The van der Waals surface area contributed by atoms with E-state index in [9.17, 15) is 14.7 Å². The van der Waals surface area contributed by atoms with Crippen LogP contribution in [0.5, 0.6) is 5.75 Å². The van der Waals surface area contributed by atoms with Crippen LogP contribution in [0.1, 0.15) is 69.1 Å². The number of aliphatic carboxylic acids is 1. The molecule has 27 heavy (non-hydrogen) atoms. The van der Waals surface area contributed by atoms with Crippen LogP contribution < -0.4 is 0 Å². The lowest BCUT2D eigenvalue weighted by atomic mass is 9.91. The van der Waals surface area contributed by atoms with Gasteiger partial charge < -0.3 is 15.1 Å². The summed E-state index contributed by atoms with van der Waals surface area (Å²) in [5.41, 5.74) is 2.70. The maximum Gasteiger partial charge on any atom is 0.303 e. The standard InChI is InChI=1S/C21H29NO4S/c1-13(2)16-10-15(11-17(14(3)4)20(16)25)12-18-21(26)22(8-9-27-18)7-5-6-19(23)24/h10-14,25H,5-9H2,1-4H3,(H,23,24). The number of aromatic hydroxyl groups is 1. The monoisotopic (exact) mass is 391 g/mol. The average Bonchev–Trinajstić information content (AvgIpc) is 2.58. The third kappa shape index (κ3) is 5.51. The number of benzene rings is 1. The molecule has 1 aromatic rings. The molecule has 0 unspecified atom stereocenters. The minimum absolute atomic E-state index is 0.0399. The molecule has 0 aliphatic carbocycles. The third-order valence-electron chi connectivity index (χ3n) is 4.67. The van der Waals surface area contributed by atoms with Gasteiger partial charge in [0.2, 0.25) is 0 Å². The molecule has 1 fully saturated rings. The summed E-state index contributed by atoms with van der Waals surface area (Å²) >= 11 is 1.53. The summed E-state index contributed by atoms with van der Waals surface area (Å²) in [5.74, 6) is 0.640. The number of carbonyl (C=O) groups excluding carboxylic acids is 1. The Kier molecular flexibility index (Phi) is 7.36. The predicted octanol–water partition coefficient (Wildman–Crippen LogP) is 4.42. The number of phenolic OH excluding ortho intramolecular Hbond substituents is 1. The van der Waals surface area contributed by atoms with Crippen molar-refractivity contribution in [2.24, 2.45) is 0 Å². The Hall–Kier alpha value is -1.95. The van der Waals surface area contributed by atoms with Crippen LogP contribution in [0.2, 0.25) is 0 Å². The van der Waals surface area contributed by atoms with Gasteiger partial charge in [0.05, 0.1) is 4.91 Å². The van der Waals surface area contributed by atoms with Crippen LogP contribution in [0.3, 0.4) is 0 Å². The van der Waals surface area contributed by atoms with Crippen LogP contribution in [-0.4, -0.2) is 45.8 Å². The van der Waals surface area contributed by atoms with Gasteiger partial charge in [-0.25, -0.2) is 0 Å². The van der Waals surface area contributed by atoms with Gasteiger partial charge in [0.1, 0.15) is 5.75 Å². The van der Waals surface area contributed by atoms with Crippen molar-refractivity contribution in [3.63, 3.8) is 0 Å². The van der Waals surface area contributed by atoms with E-state index in [1.165, 1.54) is 11.8 Å². The highest BCUT2D eigenvalue weighted by atomic mass is 32.2. The second-order valence-electron chi connectivity index (χ2n) is 7.50. The summed E-state index contributed by atoms with van der Waals surface area (Å²) in [6.45, 7) is 9.28. The number of carboxylic acids is 1.